The number of fused-ring (bicyclic) bond motifs is 2. The van der Waals surface area contributed by atoms with Crippen molar-refractivity contribution in [1.29, 1.82) is 0 Å². The molecule has 44 heavy (non-hydrogen) atoms. The van der Waals surface area contributed by atoms with Gasteiger partial charge in [-0.25, -0.2) is 4.79 Å². The Labute approximate surface area is 254 Å². The number of aromatic nitrogens is 2. The Morgan fingerprint density at radius 2 is 1.27 bits per heavy atom. The summed E-state index contributed by atoms with van der Waals surface area (Å²) in [7, 11) is 0. The second kappa shape index (κ2) is 14.2. The lowest BCUT2D eigenvalue weighted by atomic mass is 10.0. The molecule has 0 bridgehead atoms. The standard InChI is InChI=1S/C32H40N6O6/c1-17(2)12-27(32(43)44)37-31(42)28(18(3)39)38-30(41)26(14-20-16-35-25-11-7-5-9-22(20)25)36-29(40)23(33)13-19-15-34-24-10-6-4-8-21(19)24/h4-11,15-18,23,26-28,34-35,39H,12-14,33H2,1-3H3,(H,36,40)(H,37,42)(H,38,41)(H,43,44). The average Bonchev–Trinajstić information content (AvgIpc) is 3.58. The first kappa shape index (κ1) is 32.2. The second-order valence-electron chi connectivity index (χ2n) is 11.6. The molecule has 0 aliphatic heterocycles. The number of nitrogens with two attached hydrogens (primary N) is 1. The normalized spacial score (nSPS) is 15.0. The minimum atomic E-state index is -1.47. The zero-order valence-corrected chi connectivity index (χ0v) is 25.0. The Kier molecular flexibility index (Phi) is 10.4. The number of nitrogens with one attached hydrogen (secondary N) is 5. The van der Waals surface area contributed by atoms with E-state index >= 15 is 0 Å². The Balaban J connectivity index is 1.54. The van der Waals surface area contributed by atoms with Crippen LogP contribution in [0.3, 0.4) is 0 Å². The van der Waals surface area contributed by atoms with Gasteiger partial charge in [-0.05, 0) is 48.9 Å². The van der Waals surface area contributed by atoms with E-state index in [4.69, 9.17) is 5.73 Å². The van der Waals surface area contributed by atoms with Crippen LogP contribution in [0.5, 0.6) is 0 Å². The number of aromatic amines is 2. The maximum Gasteiger partial charge on any atom is 0.326 e. The van der Waals surface area contributed by atoms with Gasteiger partial charge in [0.2, 0.25) is 17.7 Å². The first-order valence-corrected chi connectivity index (χ1v) is 14.6. The molecule has 0 aliphatic rings. The van der Waals surface area contributed by atoms with Crippen molar-refractivity contribution in [2.75, 3.05) is 0 Å². The van der Waals surface area contributed by atoms with Gasteiger partial charge in [-0.1, -0.05) is 50.2 Å². The van der Waals surface area contributed by atoms with E-state index < -0.39 is 54.0 Å². The van der Waals surface area contributed by atoms with Gasteiger partial charge in [-0.15, -0.1) is 0 Å². The van der Waals surface area contributed by atoms with Gasteiger partial charge in [0.25, 0.3) is 0 Å². The van der Waals surface area contributed by atoms with E-state index in [1.54, 1.807) is 12.4 Å². The number of carbonyl (C=O) groups excluding carboxylic acids is 3. The third-order valence-electron chi connectivity index (χ3n) is 7.57. The Bertz CT molecular complexity index is 1630. The maximum absolute atomic E-state index is 13.7. The molecule has 0 aliphatic carbocycles. The van der Waals surface area contributed by atoms with Gasteiger partial charge in [-0.2, -0.15) is 0 Å². The molecule has 5 atom stereocenters. The van der Waals surface area contributed by atoms with Crippen molar-refractivity contribution in [3.05, 3.63) is 72.1 Å². The van der Waals surface area contributed by atoms with Crippen molar-refractivity contribution in [2.45, 2.75) is 70.3 Å². The maximum atomic E-state index is 13.7. The fourth-order valence-corrected chi connectivity index (χ4v) is 5.25. The summed E-state index contributed by atoms with van der Waals surface area (Å²) in [5.74, 6) is -3.41. The molecule has 12 nitrogen and oxygen atoms in total. The van der Waals surface area contributed by atoms with Crippen LogP contribution in [0.2, 0.25) is 0 Å². The van der Waals surface area contributed by atoms with Crippen molar-refractivity contribution in [1.82, 2.24) is 25.9 Å². The van der Waals surface area contributed by atoms with E-state index in [0.29, 0.717) is 0 Å². The molecule has 2 aromatic carbocycles. The Hall–Kier alpha value is -4.68. The lowest BCUT2D eigenvalue weighted by Crippen LogP contribution is -2.60. The van der Waals surface area contributed by atoms with Crippen LogP contribution in [-0.2, 0) is 32.0 Å². The highest BCUT2D eigenvalue weighted by Gasteiger charge is 2.33. The second-order valence-corrected chi connectivity index (χ2v) is 11.6. The van der Waals surface area contributed by atoms with E-state index in [1.165, 1.54) is 6.92 Å². The van der Waals surface area contributed by atoms with Crippen LogP contribution in [0, 0.1) is 5.92 Å². The molecular weight excluding hydrogens is 564 g/mol. The van der Waals surface area contributed by atoms with Crippen molar-refractivity contribution in [3.8, 4) is 0 Å². The first-order chi connectivity index (χ1) is 20.9. The lowest BCUT2D eigenvalue weighted by Gasteiger charge is -2.27. The monoisotopic (exact) mass is 604 g/mol. The molecule has 0 fully saturated rings. The number of H-pyrrole nitrogens is 2. The van der Waals surface area contributed by atoms with E-state index in [2.05, 4.69) is 25.9 Å². The van der Waals surface area contributed by atoms with Gasteiger partial charge in [0.1, 0.15) is 18.1 Å². The molecule has 5 unspecified atom stereocenters. The summed E-state index contributed by atoms with van der Waals surface area (Å²) in [6.45, 7) is 4.95. The van der Waals surface area contributed by atoms with E-state index in [1.807, 2.05) is 62.4 Å². The Morgan fingerprint density at radius 3 is 1.80 bits per heavy atom. The number of hydrogen-bond acceptors (Lipinski definition) is 6. The minimum Gasteiger partial charge on any atom is -0.480 e. The van der Waals surface area contributed by atoms with Crippen molar-refractivity contribution in [2.24, 2.45) is 11.7 Å². The van der Waals surface area contributed by atoms with Crippen molar-refractivity contribution >= 4 is 45.5 Å². The fourth-order valence-electron chi connectivity index (χ4n) is 5.25. The van der Waals surface area contributed by atoms with E-state index in [-0.39, 0.29) is 25.2 Å². The number of carboxylic acids is 1. The molecule has 2 aromatic heterocycles. The first-order valence-electron chi connectivity index (χ1n) is 14.6. The summed E-state index contributed by atoms with van der Waals surface area (Å²) < 4.78 is 0. The summed E-state index contributed by atoms with van der Waals surface area (Å²) in [4.78, 5) is 58.2. The molecule has 9 N–H and O–H groups in total. The number of hydrogen-bond donors (Lipinski definition) is 8. The number of aliphatic hydroxyl groups excluding tert-OH is 1. The van der Waals surface area contributed by atoms with Crippen LogP contribution in [0.1, 0.15) is 38.3 Å². The predicted octanol–water partition coefficient (Wildman–Crippen LogP) is 1.73. The molecule has 12 heteroatoms. The zero-order chi connectivity index (χ0) is 32.0. The number of aliphatic carboxylic acids is 1. The highest BCUT2D eigenvalue weighted by molar-refractivity contribution is 5.95. The highest BCUT2D eigenvalue weighted by atomic mass is 16.4. The smallest absolute Gasteiger partial charge is 0.326 e. The molecule has 0 spiro atoms. The van der Waals surface area contributed by atoms with Crippen LogP contribution < -0.4 is 21.7 Å². The molecule has 2 heterocycles. The molecule has 0 saturated carbocycles. The number of carbonyl (C=O) groups is 4. The van der Waals surface area contributed by atoms with Crippen LogP contribution >= 0.6 is 0 Å². The van der Waals surface area contributed by atoms with Gasteiger partial charge in [0.05, 0.1) is 12.1 Å². The van der Waals surface area contributed by atoms with Crippen molar-refractivity contribution < 1.29 is 29.4 Å². The highest BCUT2D eigenvalue weighted by Crippen LogP contribution is 2.21. The summed E-state index contributed by atoms with van der Waals surface area (Å²) in [6.07, 6.45) is 2.60. The minimum absolute atomic E-state index is 0.0276. The van der Waals surface area contributed by atoms with Gasteiger partial charge in [-0.3, -0.25) is 14.4 Å². The molecule has 0 radical (unpaired) electrons. The largest absolute Gasteiger partial charge is 0.480 e. The number of benzene rings is 2. The summed E-state index contributed by atoms with van der Waals surface area (Å²) in [6, 6.07) is 10.3. The van der Waals surface area contributed by atoms with Gasteiger partial charge < -0.3 is 41.9 Å². The number of para-hydroxylation sites is 2. The number of amides is 3. The SMILES string of the molecule is CC(C)CC(NC(=O)C(NC(=O)C(Cc1c[nH]c2ccccc12)NC(=O)C(N)Cc1c[nH]c2ccccc12)C(C)O)C(=O)O. The van der Waals surface area contributed by atoms with E-state index in [0.717, 1.165) is 32.9 Å². The number of carboxylic acid groups (broad SMARTS) is 1. The zero-order valence-electron chi connectivity index (χ0n) is 25.0. The van der Waals surface area contributed by atoms with Crippen LogP contribution in [0.4, 0.5) is 0 Å². The molecule has 4 aromatic rings. The van der Waals surface area contributed by atoms with Gasteiger partial charge >= 0.3 is 5.97 Å². The average molecular weight is 605 g/mol. The third-order valence-corrected chi connectivity index (χ3v) is 7.57. The number of rotatable bonds is 14. The Morgan fingerprint density at radius 1 is 0.750 bits per heavy atom. The fraction of sp³-hybridized carbons (Fsp3) is 0.375. The third kappa shape index (κ3) is 7.82. The van der Waals surface area contributed by atoms with Crippen LogP contribution in [0.25, 0.3) is 21.8 Å². The van der Waals surface area contributed by atoms with Crippen molar-refractivity contribution in [3.63, 3.8) is 0 Å². The predicted molar refractivity (Wildman–Crippen MR) is 167 cm³/mol. The number of aliphatic hydroxyl groups is 1. The lowest BCUT2D eigenvalue weighted by molar-refractivity contribution is -0.143. The molecule has 234 valence electrons. The van der Waals surface area contributed by atoms with Gasteiger partial charge in [0.15, 0.2) is 0 Å². The molecule has 4 rings (SSSR count). The van der Waals surface area contributed by atoms with Crippen LogP contribution in [-0.4, -0.2) is 74.1 Å². The summed E-state index contributed by atoms with van der Waals surface area (Å²) in [5.41, 5.74) is 9.65. The molecule has 3 amide bonds. The van der Waals surface area contributed by atoms with Crippen LogP contribution in [0.15, 0.2) is 60.9 Å². The van der Waals surface area contributed by atoms with E-state index in [9.17, 15) is 29.4 Å². The summed E-state index contributed by atoms with van der Waals surface area (Å²) in [5, 5.41) is 29.4. The topological polar surface area (TPSA) is 202 Å². The van der Waals surface area contributed by atoms with Gasteiger partial charge in [0, 0.05) is 40.6 Å². The quantitative estimate of drug-likeness (QED) is 0.107. The molecule has 0 saturated heterocycles. The molecular formula is C32H40N6O6. The summed E-state index contributed by atoms with van der Waals surface area (Å²) >= 11 is 0.